The van der Waals surface area contributed by atoms with E-state index in [1.165, 1.54) is 17.5 Å². The number of methoxy groups -OCH3 is 2. The van der Waals surface area contributed by atoms with Crippen molar-refractivity contribution in [1.82, 2.24) is 4.98 Å². The number of aromatic nitrogens is 1. The first-order chi connectivity index (χ1) is 11.8. The molecule has 0 aliphatic carbocycles. The Morgan fingerprint density at radius 2 is 1.88 bits per heavy atom. The van der Waals surface area contributed by atoms with Gasteiger partial charge < -0.3 is 15.2 Å². The van der Waals surface area contributed by atoms with E-state index in [0.29, 0.717) is 5.92 Å². The number of pyridine rings is 1. The Kier molecular flexibility index (Phi) is 7.56. The van der Waals surface area contributed by atoms with Gasteiger partial charge in [-0.1, -0.05) is 12.1 Å². The van der Waals surface area contributed by atoms with E-state index in [0.717, 1.165) is 43.7 Å². The first-order valence-electron chi connectivity index (χ1n) is 8.56. The van der Waals surface area contributed by atoms with Gasteiger partial charge in [-0.3, -0.25) is 4.98 Å². The normalized spacial score (nSPS) is 12.0. The van der Waals surface area contributed by atoms with Gasteiger partial charge in [-0.25, -0.2) is 0 Å². The third kappa shape index (κ3) is 5.53. The van der Waals surface area contributed by atoms with Gasteiger partial charge >= 0.3 is 0 Å². The highest BCUT2D eigenvalue weighted by Crippen LogP contribution is 2.29. The Labute approximate surface area is 145 Å². The smallest absolute Gasteiger partial charge is 0.160 e. The van der Waals surface area contributed by atoms with Crippen LogP contribution < -0.4 is 15.2 Å². The van der Waals surface area contributed by atoms with Gasteiger partial charge in [0.1, 0.15) is 0 Å². The Morgan fingerprint density at radius 1 is 1.04 bits per heavy atom. The van der Waals surface area contributed by atoms with Crippen LogP contribution in [0.5, 0.6) is 11.5 Å². The lowest BCUT2D eigenvalue weighted by molar-refractivity contribution is 0.354. The molecule has 1 heterocycles. The number of aryl methyl sites for hydroxylation is 1. The maximum Gasteiger partial charge on any atom is 0.160 e. The lowest BCUT2D eigenvalue weighted by Crippen LogP contribution is -2.12. The highest BCUT2D eigenvalue weighted by Gasteiger charge is 2.12. The summed E-state index contributed by atoms with van der Waals surface area (Å²) in [7, 11) is 3.33. The van der Waals surface area contributed by atoms with E-state index in [2.05, 4.69) is 23.2 Å². The van der Waals surface area contributed by atoms with Crippen molar-refractivity contribution in [3.05, 3.63) is 53.9 Å². The highest BCUT2D eigenvalue weighted by molar-refractivity contribution is 5.43. The van der Waals surface area contributed by atoms with Gasteiger partial charge in [-0.2, -0.15) is 0 Å². The Hall–Kier alpha value is -2.07. The minimum atomic E-state index is 0.588. The number of ether oxygens (including phenoxy) is 2. The number of benzene rings is 1. The van der Waals surface area contributed by atoms with Gasteiger partial charge in [-0.15, -0.1) is 0 Å². The molecule has 0 amide bonds. The molecule has 0 aliphatic rings. The standard InChI is InChI=1S/C20H28N2O2/c1-23-19-9-8-18(14-20(19)24-2)13-16(10-11-21)5-3-6-17-7-4-12-22-15-17/h4,7-9,12,14-16H,3,5-6,10-11,13,21H2,1-2H3. The zero-order valence-electron chi connectivity index (χ0n) is 14.7. The SMILES string of the molecule is COc1ccc(CC(CCN)CCCc2cccnc2)cc1OC. The Morgan fingerprint density at radius 3 is 2.54 bits per heavy atom. The van der Waals surface area contributed by atoms with Gasteiger partial charge in [0.2, 0.25) is 0 Å². The number of rotatable bonds is 10. The van der Waals surface area contributed by atoms with Gasteiger partial charge in [-0.05, 0) is 73.9 Å². The van der Waals surface area contributed by atoms with Crippen LogP contribution in [-0.4, -0.2) is 25.7 Å². The van der Waals surface area contributed by atoms with Crippen LogP contribution in [0, 0.1) is 5.92 Å². The molecule has 1 aromatic heterocycles. The van der Waals surface area contributed by atoms with E-state index in [4.69, 9.17) is 15.2 Å². The lowest BCUT2D eigenvalue weighted by Gasteiger charge is -2.17. The van der Waals surface area contributed by atoms with Gasteiger partial charge in [0, 0.05) is 12.4 Å². The summed E-state index contributed by atoms with van der Waals surface area (Å²) in [6.07, 6.45) is 9.22. The van der Waals surface area contributed by atoms with Crippen molar-refractivity contribution in [2.75, 3.05) is 20.8 Å². The molecule has 1 atom stereocenters. The maximum absolute atomic E-state index is 5.81. The molecular weight excluding hydrogens is 300 g/mol. The fourth-order valence-electron chi connectivity index (χ4n) is 3.07. The zero-order valence-corrected chi connectivity index (χ0v) is 14.7. The molecule has 0 fully saturated rings. The van der Waals surface area contributed by atoms with Gasteiger partial charge in [0.05, 0.1) is 14.2 Å². The molecule has 1 aromatic carbocycles. The minimum absolute atomic E-state index is 0.588. The molecule has 130 valence electrons. The van der Waals surface area contributed by atoms with Crippen molar-refractivity contribution in [1.29, 1.82) is 0 Å². The van der Waals surface area contributed by atoms with Crippen LogP contribution in [-0.2, 0) is 12.8 Å². The van der Waals surface area contributed by atoms with Crippen molar-refractivity contribution in [2.24, 2.45) is 11.7 Å². The predicted octanol–water partition coefficient (Wildman–Crippen LogP) is 3.63. The minimum Gasteiger partial charge on any atom is -0.493 e. The average Bonchev–Trinajstić information content (AvgIpc) is 2.62. The maximum atomic E-state index is 5.81. The van der Waals surface area contributed by atoms with Crippen LogP contribution in [0.25, 0.3) is 0 Å². The second kappa shape index (κ2) is 9.93. The number of hydrogen-bond acceptors (Lipinski definition) is 4. The molecule has 0 bridgehead atoms. The molecule has 0 saturated carbocycles. The second-order valence-corrected chi connectivity index (χ2v) is 6.09. The lowest BCUT2D eigenvalue weighted by atomic mass is 9.90. The highest BCUT2D eigenvalue weighted by atomic mass is 16.5. The van der Waals surface area contributed by atoms with Crippen LogP contribution in [0.1, 0.15) is 30.4 Å². The zero-order chi connectivity index (χ0) is 17.2. The fraction of sp³-hybridized carbons (Fsp3) is 0.450. The van der Waals surface area contributed by atoms with Crippen LogP contribution >= 0.6 is 0 Å². The third-order valence-electron chi connectivity index (χ3n) is 4.35. The molecule has 2 rings (SSSR count). The van der Waals surface area contributed by atoms with E-state index in [1.807, 2.05) is 24.5 Å². The van der Waals surface area contributed by atoms with Crippen LogP contribution in [0.4, 0.5) is 0 Å². The quantitative estimate of drug-likeness (QED) is 0.723. The van der Waals surface area contributed by atoms with Crippen LogP contribution in [0.2, 0.25) is 0 Å². The average molecular weight is 328 g/mol. The van der Waals surface area contributed by atoms with E-state index in [9.17, 15) is 0 Å². The van der Waals surface area contributed by atoms with E-state index >= 15 is 0 Å². The molecule has 1 unspecified atom stereocenters. The summed E-state index contributed by atoms with van der Waals surface area (Å²) in [4.78, 5) is 4.18. The summed E-state index contributed by atoms with van der Waals surface area (Å²) in [5.41, 5.74) is 8.38. The molecule has 4 heteroatoms. The Bertz CT molecular complexity index is 602. The first kappa shape index (κ1) is 18.3. The molecule has 0 saturated heterocycles. The number of nitrogens with zero attached hydrogens (tertiary/aromatic N) is 1. The fourth-order valence-corrected chi connectivity index (χ4v) is 3.07. The van der Waals surface area contributed by atoms with Crippen molar-refractivity contribution >= 4 is 0 Å². The van der Waals surface area contributed by atoms with Crippen molar-refractivity contribution in [3.63, 3.8) is 0 Å². The summed E-state index contributed by atoms with van der Waals surface area (Å²) >= 11 is 0. The molecule has 2 N–H and O–H groups in total. The third-order valence-corrected chi connectivity index (χ3v) is 4.35. The predicted molar refractivity (Wildman–Crippen MR) is 97.6 cm³/mol. The monoisotopic (exact) mass is 328 g/mol. The first-order valence-corrected chi connectivity index (χ1v) is 8.56. The Balaban J connectivity index is 1.92. The molecular formula is C20H28N2O2. The topological polar surface area (TPSA) is 57.4 Å². The summed E-state index contributed by atoms with van der Waals surface area (Å²) in [6.45, 7) is 0.727. The molecule has 0 aliphatic heterocycles. The molecule has 0 radical (unpaired) electrons. The van der Waals surface area contributed by atoms with Crippen LogP contribution in [0.15, 0.2) is 42.7 Å². The van der Waals surface area contributed by atoms with Crippen molar-refractivity contribution in [2.45, 2.75) is 32.1 Å². The largest absolute Gasteiger partial charge is 0.493 e. The van der Waals surface area contributed by atoms with E-state index in [-0.39, 0.29) is 0 Å². The summed E-state index contributed by atoms with van der Waals surface area (Å²) < 4.78 is 10.7. The summed E-state index contributed by atoms with van der Waals surface area (Å²) in [5.74, 6) is 2.15. The molecule has 24 heavy (non-hydrogen) atoms. The molecule has 0 spiro atoms. The summed E-state index contributed by atoms with van der Waals surface area (Å²) in [5, 5.41) is 0. The van der Waals surface area contributed by atoms with E-state index in [1.54, 1.807) is 14.2 Å². The molecule has 2 aromatic rings. The number of hydrogen-bond donors (Lipinski definition) is 1. The molecule has 4 nitrogen and oxygen atoms in total. The number of nitrogens with two attached hydrogens (primary N) is 1. The summed E-state index contributed by atoms with van der Waals surface area (Å²) in [6, 6.07) is 10.3. The van der Waals surface area contributed by atoms with Gasteiger partial charge in [0.15, 0.2) is 11.5 Å². The van der Waals surface area contributed by atoms with Crippen molar-refractivity contribution in [3.8, 4) is 11.5 Å². The van der Waals surface area contributed by atoms with Gasteiger partial charge in [0.25, 0.3) is 0 Å². The second-order valence-electron chi connectivity index (χ2n) is 6.09. The van der Waals surface area contributed by atoms with Crippen LogP contribution in [0.3, 0.4) is 0 Å². The van der Waals surface area contributed by atoms with E-state index < -0.39 is 0 Å². The van der Waals surface area contributed by atoms with Crippen molar-refractivity contribution < 1.29 is 9.47 Å².